The number of hydrogen-bond donors (Lipinski definition) is 2. The molecule has 0 amide bonds. The van der Waals surface area contributed by atoms with E-state index in [1.807, 2.05) is 37.4 Å². The minimum atomic E-state index is 0.101. The summed E-state index contributed by atoms with van der Waals surface area (Å²) >= 11 is 3.17. The number of nitrogen functional groups attached to an aromatic ring is 1. The highest BCUT2D eigenvalue weighted by Gasteiger charge is 2.13. The third-order valence-electron chi connectivity index (χ3n) is 2.51. The molecule has 18 heavy (non-hydrogen) atoms. The molecule has 2 rings (SSSR count). The first-order valence-corrected chi connectivity index (χ1v) is 7.41. The predicted octanol–water partition coefficient (Wildman–Crippen LogP) is 3.75. The molecule has 0 unspecified atom stereocenters. The molecule has 2 aromatic rings. The number of nitrogens with one attached hydrogen (secondary N) is 1. The van der Waals surface area contributed by atoms with Gasteiger partial charge < -0.3 is 10.2 Å². The second-order valence-corrected chi connectivity index (χ2v) is 5.62. The minimum Gasteiger partial charge on any atom is -0.468 e. The van der Waals surface area contributed by atoms with E-state index in [9.17, 15) is 0 Å². The molecule has 3 N–H and O–H groups in total. The molecule has 5 heteroatoms. The van der Waals surface area contributed by atoms with E-state index in [0.717, 1.165) is 26.0 Å². The van der Waals surface area contributed by atoms with Gasteiger partial charge in [0.2, 0.25) is 0 Å². The summed E-state index contributed by atoms with van der Waals surface area (Å²) in [5, 5.41) is 7.73. The number of amidine groups is 1. The van der Waals surface area contributed by atoms with Crippen molar-refractivity contribution in [2.75, 3.05) is 6.26 Å². The summed E-state index contributed by atoms with van der Waals surface area (Å²) in [7, 11) is 0. The van der Waals surface area contributed by atoms with Crippen molar-refractivity contribution in [2.45, 2.75) is 21.6 Å². The zero-order chi connectivity index (χ0) is 13.1. The van der Waals surface area contributed by atoms with E-state index < -0.39 is 0 Å². The molecule has 0 aliphatic heterocycles. The first kappa shape index (κ1) is 13.1. The number of benzene rings is 1. The molecular formula is C13H14N2OS2. The Morgan fingerprint density at radius 3 is 2.50 bits per heavy atom. The van der Waals surface area contributed by atoms with Crippen LogP contribution < -0.4 is 5.73 Å². The van der Waals surface area contributed by atoms with Crippen molar-refractivity contribution in [1.29, 1.82) is 5.41 Å². The van der Waals surface area contributed by atoms with Crippen molar-refractivity contribution in [3.05, 3.63) is 41.9 Å². The van der Waals surface area contributed by atoms with Gasteiger partial charge >= 0.3 is 0 Å². The average molecular weight is 278 g/mol. The Hall–Kier alpha value is -1.33. The molecule has 3 nitrogen and oxygen atoms in total. The minimum absolute atomic E-state index is 0.101. The van der Waals surface area contributed by atoms with Gasteiger partial charge in [0.05, 0.1) is 11.2 Å². The Bertz CT molecular complexity index is 578. The van der Waals surface area contributed by atoms with Crippen molar-refractivity contribution in [1.82, 2.24) is 0 Å². The van der Waals surface area contributed by atoms with Gasteiger partial charge in [-0.25, -0.2) is 0 Å². The lowest BCUT2D eigenvalue weighted by Crippen LogP contribution is -2.13. The van der Waals surface area contributed by atoms with Gasteiger partial charge in [-0.1, -0.05) is 17.8 Å². The van der Waals surface area contributed by atoms with E-state index in [1.165, 1.54) is 0 Å². The number of aryl methyl sites for hydroxylation is 1. The van der Waals surface area contributed by atoms with Gasteiger partial charge in [0, 0.05) is 15.4 Å². The zero-order valence-electron chi connectivity index (χ0n) is 10.2. The first-order valence-electron chi connectivity index (χ1n) is 5.37. The van der Waals surface area contributed by atoms with Crippen LogP contribution in [0.2, 0.25) is 0 Å². The molecule has 0 atom stereocenters. The van der Waals surface area contributed by atoms with E-state index >= 15 is 0 Å². The average Bonchev–Trinajstić information content (AvgIpc) is 2.74. The Balaban J connectivity index is 2.44. The van der Waals surface area contributed by atoms with Crippen LogP contribution >= 0.6 is 23.5 Å². The van der Waals surface area contributed by atoms with Crippen LogP contribution in [0, 0.1) is 12.3 Å². The van der Waals surface area contributed by atoms with Crippen LogP contribution in [0.25, 0.3) is 0 Å². The SMILES string of the molecule is CSc1cccc(Sc2ccoc2C)c1C(=N)N. The van der Waals surface area contributed by atoms with Crippen LogP contribution in [0.5, 0.6) is 0 Å². The fourth-order valence-electron chi connectivity index (χ4n) is 1.63. The van der Waals surface area contributed by atoms with Crippen molar-refractivity contribution in [2.24, 2.45) is 5.73 Å². The van der Waals surface area contributed by atoms with Gasteiger partial charge in [0.1, 0.15) is 11.6 Å². The number of furan rings is 1. The molecule has 0 fully saturated rings. The highest BCUT2D eigenvalue weighted by molar-refractivity contribution is 8.00. The molecule has 0 saturated carbocycles. The van der Waals surface area contributed by atoms with Crippen molar-refractivity contribution in [3.8, 4) is 0 Å². The summed E-state index contributed by atoms with van der Waals surface area (Å²) in [6, 6.07) is 7.87. The van der Waals surface area contributed by atoms with E-state index in [2.05, 4.69) is 0 Å². The first-order chi connectivity index (χ1) is 8.63. The van der Waals surface area contributed by atoms with Crippen LogP contribution in [0.3, 0.4) is 0 Å². The lowest BCUT2D eigenvalue weighted by molar-refractivity contribution is 0.527. The maximum atomic E-state index is 7.73. The van der Waals surface area contributed by atoms with Crippen molar-refractivity contribution < 1.29 is 4.42 Å². The summed E-state index contributed by atoms with van der Waals surface area (Å²) in [5.41, 5.74) is 6.49. The fourth-order valence-corrected chi connectivity index (χ4v) is 3.35. The van der Waals surface area contributed by atoms with Gasteiger partial charge in [-0.05, 0) is 31.4 Å². The fraction of sp³-hybridized carbons (Fsp3) is 0.154. The number of nitrogens with two attached hydrogens (primary N) is 1. The largest absolute Gasteiger partial charge is 0.468 e. The van der Waals surface area contributed by atoms with Gasteiger partial charge in [0.15, 0.2) is 0 Å². The number of rotatable bonds is 4. The second kappa shape index (κ2) is 5.54. The van der Waals surface area contributed by atoms with Crippen LogP contribution in [0.4, 0.5) is 0 Å². The van der Waals surface area contributed by atoms with Gasteiger partial charge in [-0.15, -0.1) is 11.8 Å². The van der Waals surface area contributed by atoms with Crippen LogP contribution in [-0.4, -0.2) is 12.1 Å². The van der Waals surface area contributed by atoms with Crippen molar-refractivity contribution >= 4 is 29.4 Å². The summed E-state index contributed by atoms with van der Waals surface area (Å²) < 4.78 is 5.28. The van der Waals surface area contributed by atoms with Crippen LogP contribution in [-0.2, 0) is 0 Å². The van der Waals surface area contributed by atoms with Crippen LogP contribution in [0.15, 0.2) is 49.6 Å². The molecule has 0 aliphatic carbocycles. The smallest absolute Gasteiger partial charge is 0.125 e. The Morgan fingerprint density at radius 2 is 1.94 bits per heavy atom. The molecule has 0 radical (unpaired) electrons. The predicted molar refractivity (Wildman–Crippen MR) is 76.8 cm³/mol. The highest BCUT2D eigenvalue weighted by atomic mass is 32.2. The van der Waals surface area contributed by atoms with Crippen LogP contribution in [0.1, 0.15) is 11.3 Å². The summed E-state index contributed by atoms with van der Waals surface area (Å²) in [6.07, 6.45) is 3.66. The molecule has 0 spiro atoms. The molecule has 0 saturated heterocycles. The lowest BCUT2D eigenvalue weighted by atomic mass is 10.2. The van der Waals surface area contributed by atoms with Crippen molar-refractivity contribution in [3.63, 3.8) is 0 Å². The summed E-state index contributed by atoms with van der Waals surface area (Å²) in [6.45, 7) is 1.92. The molecule has 1 aromatic heterocycles. The third kappa shape index (κ3) is 2.57. The topological polar surface area (TPSA) is 63.0 Å². The Labute approximate surface area is 115 Å². The van der Waals surface area contributed by atoms with Gasteiger partial charge in [0.25, 0.3) is 0 Å². The highest BCUT2D eigenvalue weighted by Crippen LogP contribution is 2.36. The van der Waals surface area contributed by atoms with E-state index in [1.54, 1.807) is 29.8 Å². The summed E-state index contributed by atoms with van der Waals surface area (Å²) in [4.78, 5) is 3.06. The maximum absolute atomic E-state index is 7.73. The number of thioether (sulfide) groups is 1. The quantitative estimate of drug-likeness (QED) is 0.508. The molecule has 94 valence electrons. The third-order valence-corrected chi connectivity index (χ3v) is 4.49. The monoisotopic (exact) mass is 278 g/mol. The maximum Gasteiger partial charge on any atom is 0.125 e. The second-order valence-electron chi connectivity index (χ2n) is 3.69. The van der Waals surface area contributed by atoms with E-state index in [4.69, 9.17) is 15.6 Å². The zero-order valence-corrected chi connectivity index (χ0v) is 11.8. The number of hydrogen-bond acceptors (Lipinski definition) is 4. The van der Waals surface area contributed by atoms with Gasteiger partial charge in [-0.3, -0.25) is 5.41 Å². The standard InChI is InChI=1S/C13H14N2OS2/c1-8-9(6-7-16-8)18-11-5-3-4-10(17-2)12(11)13(14)15/h3-7H,1-2H3,(H3,14,15). The Kier molecular flexibility index (Phi) is 4.04. The normalized spacial score (nSPS) is 10.6. The summed E-state index contributed by atoms with van der Waals surface area (Å²) in [5.74, 6) is 0.979. The van der Waals surface area contributed by atoms with Gasteiger partial charge in [-0.2, -0.15) is 0 Å². The molecule has 1 aromatic carbocycles. The molecule has 0 bridgehead atoms. The molecule has 0 aliphatic rings. The molecule has 1 heterocycles. The molecular weight excluding hydrogens is 264 g/mol. The lowest BCUT2D eigenvalue weighted by Gasteiger charge is -2.11. The Morgan fingerprint density at radius 1 is 1.22 bits per heavy atom. The van der Waals surface area contributed by atoms with E-state index in [0.29, 0.717) is 0 Å². The van der Waals surface area contributed by atoms with E-state index in [-0.39, 0.29) is 5.84 Å².